The number of amides is 3. The summed E-state index contributed by atoms with van der Waals surface area (Å²) < 4.78 is 10.7. The Kier molecular flexibility index (Phi) is 5.16. The minimum absolute atomic E-state index is 0.00128. The number of ether oxygens (including phenoxy) is 1. The van der Waals surface area contributed by atoms with Gasteiger partial charge in [0.15, 0.2) is 0 Å². The first kappa shape index (κ1) is 19.8. The van der Waals surface area contributed by atoms with Crippen LogP contribution in [0.4, 0.5) is 4.79 Å². The zero-order valence-corrected chi connectivity index (χ0v) is 17.6. The van der Waals surface area contributed by atoms with E-state index in [1.165, 1.54) is 19.3 Å². The van der Waals surface area contributed by atoms with Crippen LogP contribution in [0.1, 0.15) is 62.8 Å². The Balaban J connectivity index is 1.07. The Morgan fingerprint density at radius 3 is 2.50 bits per heavy atom. The molecule has 0 radical (unpaired) electrons. The number of carbonyl (C=O) groups excluding carboxylic acids is 2. The van der Waals surface area contributed by atoms with E-state index in [1.54, 1.807) is 11.8 Å². The molecule has 3 amide bonds. The van der Waals surface area contributed by atoms with Crippen LogP contribution in [0.25, 0.3) is 0 Å². The molecule has 164 valence electrons. The van der Waals surface area contributed by atoms with Crippen LogP contribution in [0.5, 0.6) is 0 Å². The quantitative estimate of drug-likeness (QED) is 0.758. The fourth-order valence-corrected chi connectivity index (χ4v) is 6.47. The standard InChI is InChI=1S/C21H31N5O4/c1-13-23-19(25-30-13)17-12-26(4-5-29-17)18(27)2-3-22-20(28)24-21-9-14-6-15(10-21)8-16(7-14)11-21/h14-17H,2-12H2,1H3,(H2,22,24,28)/t14?,15?,16?,17-,21?/m0/s1. The minimum atomic E-state index is -0.368. The molecule has 4 aliphatic carbocycles. The Morgan fingerprint density at radius 2 is 1.87 bits per heavy atom. The van der Waals surface area contributed by atoms with Gasteiger partial charge in [0.25, 0.3) is 0 Å². The molecule has 4 bridgehead atoms. The number of hydrogen-bond donors (Lipinski definition) is 2. The van der Waals surface area contributed by atoms with E-state index < -0.39 is 0 Å². The van der Waals surface area contributed by atoms with Gasteiger partial charge >= 0.3 is 6.03 Å². The van der Waals surface area contributed by atoms with Gasteiger partial charge in [0.05, 0.1) is 13.2 Å². The summed E-state index contributed by atoms with van der Waals surface area (Å²) in [4.78, 5) is 31.1. The maximum atomic E-state index is 12.6. The van der Waals surface area contributed by atoms with Crippen LogP contribution >= 0.6 is 0 Å². The summed E-state index contributed by atoms with van der Waals surface area (Å²) in [5.41, 5.74) is -0.0109. The molecule has 30 heavy (non-hydrogen) atoms. The lowest BCUT2D eigenvalue weighted by Crippen LogP contribution is -2.61. The first-order valence-corrected chi connectivity index (χ1v) is 11.2. The molecule has 2 N–H and O–H groups in total. The highest BCUT2D eigenvalue weighted by molar-refractivity contribution is 5.78. The normalized spacial score (nSPS) is 34.8. The lowest BCUT2D eigenvalue weighted by atomic mass is 9.53. The first-order chi connectivity index (χ1) is 14.5. The van der Waals surface area contributed by atoms with Crippen molar-refractivity contribution in [1.29, 1.82) is 0 Å². The van der Waals surface area contributed by atoms with Gasteiger partial charge in [0.1, 0.15) is 6.10 Å². The molecule has 9 heteroatoms. The number of rotatable bonds is 5. The van der Waals surface area contributed by atoms with Gasteiger partial charge < -0.3 is 24.8 Å². The number of nitrogens with zero attached hydrogens (tertiary/aromatic N) is 3. The Bertz CT molecular complexity index is 774. The van der Waals surface area contributed by atoms with Gasteiger partial charge in [-0.2, -0.15) is 4.98 Å². The van der Waals surface area contributed by atoms with E-state index in [0.717, 1.165) is 37.0 Å². The maximum Gasteiger partial charge on any atom is 0.315 e. The monoisotopic (exact) mass is 417 g/mol. The molecule has 1 saturated heterocycles. The average Bonchev–Trinajstić information content (AvgIpc) is 3.13. The number of urea groups is 1. The molecule has 2 heterocycles. The van der Waals surface area contributed by atoms with E-state index in [2.05, 4.69) is 20.8 Å². The summed E-state index contributed by atoms with van der Waals surface area (Å²) in [6, 6.07) is -0.133. The average molecular weight is 418 g/mol. The largest absolute Gasteiger partial charge is 0.366 e. The summed E-state index contributed by atoms with van der Waals surface area (Å²) in [5.74, 6) is 3.31. The lowest BCUT2D eigenvalue weighted by Gasteiger charge is -2.56. The maximum absolute atomic E-state index is 12.6. The Morgan fingerprint density at radius 1 is 1.17 bits per heavy atom. The van der Waals surface area contributed by atoms with E-state index in [-0.39, 0.29) is 30.0 Å². The van der Waals surface area contributed by atoms with E-state index >= 15 is 0 Å². The number of aryl methyl sites for hydroxylation is 1. The number of morpholine rings is 1. The lowest BCUT2D eigenvalue weighted by molar-refractivity contribution is -0.139. The fraction of sp³-hybridized carbons (Fsp3) is 0.810. The zero-order chi connectivity index (χ0) is 20.7. The molecular weight excluding hydrogens is 386 g/mol. The SMILES string of the molecule is Cc1nc([C@@H]2CN(C(=O)CCNC(=O)NC34CC5CC(CC(C5)C3)C4)CCO2)no1. The second kappa shape index (κ2) is 7.83. The third-order valence-corrected chi connectivity index (χ3v) is 7.29. The molecule has 0 unspecified atom stereocenters. The highest BCUT2D eigenvalue weighted by atomic mass is 16.5. The molecule has 1 aromatic rings. The van der Waals surface area contributed by atoms with Gasteiger partial charge in [-0.1, -0.05) is 5.16 Å². The van der Waals surface area contributed by atoms with Gasteiger partial charge in [-0.05, 0) is 56.3 Å². The highest BCUT2D eigenvalue weighted by Crippen LogP contribution is 2.55. The third kappa shape index (κ3) is 4.04. The zero-order valence-electron chi connectivity index (χ0n) is 17.6. The van der Waals surface area contributed by atoms with Crippen molar-refractivity contribution in [3.05, 3.63) is 11.7 Å². The minimum Gasteiger partial charge on any atom is -0.366 e. The molecule has 4 saturated carbocycles. The topological polar surface area (TPSA) is 110 Å². The van der Waals surface area contributed by atoms with Crippen molar-refractivity contribution < 1.29 is 18.8 Å². The second-order valence-corrected chi connectivity index (χ2v) is 9.70. The molecule has 1 aromatic heterocycles. The highest BCUT2D eigenvalue weighted by Gasteiger charge is 2.51. The van der Waals surface area contributed by atoms with E-state index in [0.29, 0.717) is 38.0 Å². The smallest absolute Gasteiger partial charge is 0.315 e. The van der Waals surface area contributed by atoms with E-state index in [1.807, 2.05) is 0 Å². The van der Waals surface area contributed by atoms with Crippen LogP contribution in [-0.2, 0) is 9.53 Å². The molecule has 9 nitrogen and oxygen atoms in total. The second-order valence-electron chi connectivity index (χ2n) is 9.70. The summed E-state index contributed by atoms with van der Waals surface area (Å²) in [7, 11) is 0. The Labute approximate surface area is 176 Å². The molecule has 1 atom stereocenters. The summed E-state index contributed by atoms with van der Waals surface area (Å²) in [5, 5.41) is 10.1. The molecule has 6 rings (SSSR count). The molecule has 5 fully saturated rings. The molecule has 0 spiro atoms. The molecule has 1 aliphatic heterocycles. The number of nitrogens with one attached hydrogen (secondary N) is 2. The van der Waals surface area contributed by atoms with Gasteiger partial charge in [-0.15, -0.1) is 0 Å². The molecule has 0 aromatic carbocycles. The van der Waals surface area contributed by atoms with Crippen LogP contribution in [0.15, 0.2) is 4.52 Å². The van der Waals surface area contributed by atoms with Crippen LogP contribution in [0.3, 0.4) is 0 Å². The van der Waals surface area contributed by atoms with Gasteiger partial charge in [0, 0.05) is 32.0 Å². The van der Waals surface area contributed by atoms with Crippen molar-refractivity contribution in [1.82, 2.24) is 25.7 Å². The van der Waals surface area contributed by atoms with Crippen molar-refractivity contribution in [2.24, 2.45) is 17.8 Å². The van der Waals surface area contributed by atoms with Gasteiger partial charge in [-0.3, -0.25) is 4.79 Å². The van der Waals surface area contributed by atoms with E-state index in [9.17, 15) is 9.59 Å². The van der Waals surface area contributed by atoms with Crippen LogP contribution in [-0.4, -0.2) is 58.8 Å². The molecular formula is C21H31N5O4. The van der Waals surface area contributed by atoms with Crippen LogP contribution < -0.4 is 10.6 Å². The third-order valence-electron chi connectivity index (χ3n) is 7.29. The first-order valence-electron chi connectivity index (χ1n) is 11.2. The fourth-order valence-electron chi connectivity index (χ4n) is 6.47. The summed E-state index contributed by atoms with van der Waals surface area (Å²) in [6.07, 6.45) is 7.31. The van der Waals surface area contributed by atoms with Crippen molar-refractivity contribution in [2.45, 2.75) is 63.5 Å². The van der Waals surface area contributed by atoms with Gasteiger partial charge in [-0.25, -0.2) is 4.79 Å². The van der Waals surface area contributed by atoms with Crippen molar-refractivity contribution >= 4 is 11.9 Å². The van der Waals surface area contributed by atoms with E-state index in [4.69, 9.17) is 9.26 Å². The Hall–Kier alpha value is -2.16. The number of hydrogen-bond acceptors (Lipinski definition) is 6. The van der Waals surface area contributed by atoms with Crippen LogP contribution in [0, 0.1) is 24.7 Å². The van der Waals surface area contributed by atoms with Crippen LogP contribution in [0.2, 0.25) is 0 Å². The predicted octanol–water partition coefficient (Wildman–Crippen LogP) is 1.94. The summed E-state index contributed by atoms with van der Waals surface area (Å²) in [6.45, 7) is 3.43. The predicted molar refractivity (Wildman–Crippen MR) is 106 cm³/mol. The molecule has 5 aliphatic rings. The van der Waals surface area contributed by atoms with Crippen molar-refractivity contribution in [3.63, 3.8) is 0 Å². The van der Waals surface area contributed by atoms with Gasteiger partial charge in [0.2, 0.25) is 17.6 Å². The van der Waals surface area contributed by atoms with Crippen molar-refractivity contribution in [3.8, 4) is 0 Å². The van der Waals surface area contributed by atoms with Crippen molar-refractivity contribution in [2.75, 3.05) is 26.2 Å². The number of carbonyl (C=O) groups is 2. The number of aromatic nitrogens is 2. The summed E-state index contributed by atoms with van der Waals surface area (Å²) >= 11 is 0.